The number of anilines is 1. The Morgan fingerprint density at radius 3 is 2.76 bits per heavy atom. The first-order valence-corrected chi connectivity index (χ1v) is 12.6. The second kappa shape index (κ2) is 9.04. The number of rotatable bonds is 4. The monoisotopic (exact) mass is 465 g/mol. The van der Waals surface area contributed by atoms with E-state index in [1.807, 2.05) is 36.4 Å². The Bertz CT molecular complexity index is 1460. The molecule has 5 heteroatoms. The fraction of sp³-hybridized carbons (Fsp3) is 0.276. The summed E-state index contributed by atoms with van der Waals surface area (Å²) in [6, 6.07) is 18.2. The minimum absolute atomic E-state index is 0.203. The van der Waals surface area contributed by atoms with Gasteiger partial charge in [-0.25, -0.2) is 4.98 Å². The molecule has 0 aliphatic heterocycles. The van der Waals surface area contributed by atoms with Crippen LogP contribution in [0.1, 0.15) is 57.3 Å². The molecule has 1 unspecified atom stereocenters. The molecule has 0 saturated carbocycles. The van der Waals surface area contributed by atoms with Crippen molar-refractivity contribution in [3.63, 3.8) is 0 Å². The number of nitrogens with one attached hydrogen (secondary N) is 1. The Kier molecular flexibility index (Phi) is 5.93. The lowest BCUT2D eigenvalue weighted by Crippen LogP contribution is -2.13. The van der Waals surface area contributed by atoms with Crippen LogP contribution in [0.2, 0.25) is 0 Å². The summed E-state index contributed by atoms with van der Waals surface area (Å²) in [6.45, 7) is 6.39. The van der Waals surface area contributed by atoms with E-state index in [0.717, 1.165) is 53.4 Å². The molecular weight excluding hydrogens is 438 g/mol. The zero-order valence-corrected chi connectivity index (χ0v) is 20.6. The van der Waals surface area contributed by atoms with Gasteiger partial charge in [0, 0.05) is 15.8 Å². The van der Waals surface area contributed by atoms with Crippen molar-refractivity contribution in [2.75, 3.05) is 5.32 Å². The maximum absolute atomic E-state index is 13.6. The molecule has 4 aromatic rings. The van der Waals surface area contributed by atoms with Crippen molar-refractivity contribution in [3.8, 4) is 17.3 Å². The van der Waals surface area contributed by atoms with Gasteiger partial charge in [0.25, 0.3) is 5.91 Å². The third-order valence-electron chi connectivity index (χ3n) is 7.05. The van der Waals surface area contributed by atoms with Crippen LogP contribution in [-0.2, 0) is 12.8 Å². The highest BCUT2D eigenvalue weighted by Gasteiger charge is 2.26. The highest BCUT2D eigenvalue weighted by atomic mass is 32.1. The molecule has 0 fully saturated rings. The summed E-state index contributed by atoms with van der Waals surface area (Å²) in [6.07, 6.45) is 4.16. The Morgan fingerprint density at radius 1 is 1.18 bits per heavy atom. The first-order chi connectivity index (χ1) is 16.5. The van der Waals surface area contributed by atoms with E-state index >= 15 is 0 Å². The number of nitrogens with zero attached hydrogens (tertiary/aromatic N) is 2. The van der Waals surface area contributed by atoms with E-state index in [0.29, 0.717) is 22.0 Å². The lowest BCUT2D eigenvalue weighted by molar-refractivity contribution is 0.102. The van der Waals surface area contributed by atoms with Crippen LogP contribution in [-0.4, -0.2) is 10.9 Å². The summed E-state index contributed by atoms with van der Waals surface area (Å²) in [4.78, 5) is 19.7. The van der Waals surface area contributed by atoms with Crippen molar-refractivity contribution in [2.45, 2.75) is 46.5 Å². The van der Waals surface area contributed by atoms with Crippen LogP contribution < -0.4 is 5.32 Å². The molecule has 1 aliphatic rings. The normalized spacial score (nSPS) is 15.1. The van der Waals surface area contributed by atoms with Crippen molar-refractivity contribution < 1.29 is 4.79 Å². The number of carbonyl (C=O) groups excluding carboxylic acids is 1. The van der Waals surface area contributed by atoms with E-state index in [1.165, 1.54) is 16.0 Å². The molecular formula is C29H27N3OS. The predicted molar refractivity (Wildman–Crippen MR) is 139 cm³/mol. The molecule has 170 valence electrons. The standard InChI is InChI=1S/C29H27N3OS/c1-4-19-10-12-22-24(16-30)29(34-27(22)14-19)32-28(33)23-15-26(20-11-9-17(2)18(3)13-20)31-25-8-6-5-7-21(23)25/h5-9,11,13,15,19H,4,10,12,14H2,1-3H3,(H,32,33). The molecule has 1 N–H and O–H groups in total. The van der Waals surface area contributed by atoms with Gasteiger partial charge in [-0.15, -0.1) is 11.3 Å². The first kappa shape index (κ1) is 22.3. The van der Waals surface area contributed by atoms with Gasteiger partial charge in [0.05, 0.1) is 22.3 Å². The van der Waals surface area contributed by atoms with Crippen LogP contribution in [0.5, 0.6) is 0 Å². The van der Waals surface area contributed by atoms with E-state index in [2.05, 4.69) is 44.3 Å². The Hall–Kier alpha value is -3.49. The summed E-state index contributed by atoms with van der Waals surface area (Å²) >= 11 is 1.57. The quantitative estimate of drug-likeness (QED) is 0.346. The number of pyridine rings is 1. The Balaban J connectivity index is 1.56. The van der Waals surface area contributed by atoms with Gasteiger partial charge in [0.1, 0.15) is 11.1 Å². The number of aryl methyl sites for hydroxylation is 2. The van der Waals surface area contributed by atoms with E-state index < -0.39 is 0 Å². The molecule has 2 aromatic heterocycles. The molecule has 2 aromatic carbocycles. The van der Waals surface area contributed by atoms with Crippen LogP contribution >= 0.6 is 11.3 Å². The van der Waals surface area contributed by atoms with Crippen molar-refractivity contribution in [2.24, 2.45) is 5.92 Å². The summed E-state index contributed by atoms with van der Waals surface area (Å²) in [5.74, 6) is 0.455. The predicted octanol–water partition coefficient (Wildman–Crippen LogP) is 7.22. The molecule has 0 spiro atoms. The molecule has 0 radical (unpaired) electrons. The summed E-state index contributed by atoms with van der Waals surface area (Å²) < 4.78 is 0. The summed E-state index contributed by atoms with van der Waals surface area (Å²) in [5, 5.41) is 14.4. The van der Waals surface area contributed by atoms with Gasteiger partial charge in [0.2, 0.25) is 0 Å². The molecule has 2 heterocycles. The number of amides is 1. The first-order valence-electron chi connectivity index (χ1n) is 11.8. The summed E-state index contributed by atoms with van der Waals surface area (Å²) in [7, 11) is 0. The third kappa shape index (κ3) is 3.99. The zero-order valence-electron chi connectivity index (χ0n) is 19.7. The molecule has 5 rings (SSSR count). The van der Waals surface area contributed by atoms with Crippen LogP contribution in [0, 0.1) is 31.1 Å². The minimum Gasteiger partial charge on any atom is -0.312 e. The average Bonchev–Trinajstić information content (AvgIpc) is 3.20. The van der Waals surface area contributed by atoms with Crippen molar-refractivity contribution in [1.29, 1.82) is 5.26 Å². The highest BCUT2D eigenvalue weighted by molar-refractivity contribution is 7.16. The number of hydrogen-bond acceptors (Lipinski definition) is 4. The number of para-hydroxylation sites is 1. The largest absolute Gasteiger partial charge is 0.312 e. The van der Waals surface area contributed by atoms with Gasteiger partial charge >= 0.3 is 0 Å². The molecule has 34 heavy (non-hydrogen) atoms. The molecule has 0 bridgehead atoms. The number of hydrogen-bond donors (Lipinski definition) is 1. The number of fused-ring (bicyclic) bond motifs is 2. The van der Waals surface area contributed by atoms with E-state index in [4.69, 9.17) is 4.98 Å². The van der Waals surface area contributed by atoms with Gasteiger partial charge < -0.3 is 5.32 Å². The van der Waals surface area contributed by atoms with E-state index in [1.54, 1.807) is 11.3 Å². The van der Waals surface area contributed by atoms with Gasteiger partial charge in [-0.05, 0) is 73.9 Å². The number of nitriles is 1. The van der Waals surface area contributed by atoms with Gasteiger partial charge in [-0.3, -0.25) is 4.79 Å². The van der Waals surface area contributed by atoms with Crippen molar-refractivity contribution in [1.82, 2.24) is 4.98 Å². The molecule has 1 aliphatic carbocycles. The summed E-state index contributed by atoms with van der Waals surface area (Å²) in [5.41, 5.74) is 7.27. The zero-order chi connectivity index (χ0) is 23.8. The van der Waals surface area contributed by atoms with Gasteiger partial charge in [-0.2, -0.15) is 5.26 Å². The Morgan fingerprint density at radius 2 is 2.00 bits per heavy atom. The maximum atomic E-state index is 13.6. The SMILES string of the molecule is CCC1CCc2c(sc(NC(=O)c3cc(-c4ccc(C)c(C)c4)nc4ccccc34)c2C#N)C1. The number of carbonyl (C=O) groups is 1. The molecule has 1 amide bonds. The second-order valence-electron chi connectivity index (χ2n) is 9.16. The number of thiophene rings is 1. The fourth-order valence-corrected chi connectivity index (χ4v) is 6.10. The Labute approximate surface area is 204 Å². The topological polar surface area (TPSA) is 65.8 Å². The van der Waals surface area contributed by atoms with Crippen LogP contribution in [0.3, 0.4) is 0 Å². The van der Waals surface area contributed by atoms with Gasteiger partial charge in [-0.1, -0.05) is 43.7 Å². The fourth-order valence-electron chi connectivity index (χ4n) is 4.79. The highest BCUT2D eigenvalue weighted by Crippen LogP contribution is 2.40. The lowest BCUT2D eigenvalue weighted by Gasteiger charge is -2.20. The smallest absolute Gasteiger partial charge is 0.257 e. The van der Waals surface area contributed by atoms with E-state index in [-0.39, 0.29) is 5.91 Å². The molecule has 1 atom stereocenters. The molecule has 0 saturated heterocycles. The van der Waals surface area contributed by atoms with Crippen LogP contribution in [0.15, 0.2) is 48.5 Å². The number of benzene rings is 2. The van der Waals surface area contributed by atoms with Crippen molar-refractivity contribution in [3.05, 3.63) is 81.2 Å². The van der Waals surface area contributed by atoms with Gasteiger partial charge in [0.15, 0.2) is 0 Å². The van der Waals surface area contributed by atoms with Crippen molar-refractivity contribution >= 4 is 33.1 Å². The van der Waals surface area contributed by atoms with Crippen LogP contribution in [0.4, 0.5) is 5.00 Å². The second-order valence-corrected chi connectivity index (χ2v) is 10.3. The number of aromatic nitrogens is 1. The molecule has 4 nitrogen and oxygen atoms in total. The average molecular weight is 466 g/mol. The van der Waals surface area contributed by atoms with Crippen LogP contribution in [0.25, 0.3) is 22.2 Å². The maximum Gasteiger partial charge on any atom is 0.257 e. The lowest BCUT2D eigenvalue weighted by atomic mass is 9.86. The minimum atomic E-state index is -0.203. The third-order valence-corrected chi connectivity index (χ3v) is 8.22. The van der Waals surface area contributed by atoms with E-state index in [9.17, 15) is 10.1 Å².